The number of rotatable bonds is 8. The Kier molecular flexibility index (Phi) is 6.71. The minimum atomic E-state index is -0.400. The van der Waals surface area contributed by atoms with Crippen LogP contribution >= 0.6 is 23.1 Å². The van der Waals surface area contributed by atoms with E-state index in [0.717, 1.165) is 21.7 Å². The number of nitrogens with one attached hydrogen (secondary N) is 1. The molecular weight excluding hydrogens is 406 g/mol. The van der Waals surface area contributed by atoms with Crippen molar-refractivity contribution in [3.05, 3.63) is 46.8 Å². The predicted octanol–water partition coefficient (Wildman–Crippen LogP) is 3.62. The lowest BCUT2D eigenvalue weighted by atomic mass is 10.1. The molecule has 2 heterocycles. The molecule has 3 aromatic rings. The second-order valence-electron chi connectivity index (χ2n) is 6.72. The molecule has 1 aromatic carbocycles. The zero-order valence-electron chi connectivity index (χ0n) is 16.5. The van der Waals surface area contributed by atoms with E-state index >= 15 is 0 Å². The number of nitrogens with zero attached hydrogens (tertiary/aromatic N) is 3. The van der Waals surface area contributed by atoms with Crippen LogP contribution in [0.3, 0.4) is 0 Å². The van der Waals surface area contributed by atoms with E-state index in [1.165, 1.54) is 23.1 Å². The molecule has 0 radical (unpaired) electrons. The summed E-state index contributed by atoms with van der Waals surface area (Å²) in [6.45, 7) is 6.13. The number of hydrogen-bond donors (Lipinski definition) is 2. The van der Waals surface area contributed by atoms with Crippen LogP contribution in [0.1, 0.15) is 24.5 Å². The Bertz CT molecular complexity index is 1010. The van der Waals surface area contributed by atoms with Gasteiger partial charge in [-0.1, -0.05) is 30.0 Å². The molecule has 3 N–H and O–H groups in total. The fourth-order valence-corrected chi connectivity index (χ4v) is 4.30. The van der Waals surface area contributed by atoms with Crippen molar-refractivity contribution in [3.8, 4) is 10.7 Å². The standard InChI is InChI=1S/C20H23N5O2S2/c1-12-6-7-13(2)15(11-12)22-19(27)14(3)29-20-24-23-18(16-5-4-10-28-16)25(20)9-8-17(21)26/h4-7,10-11,14H,8-9H2,1-3H3,(H2,21,26)(H,22,27)/t14-/m0/s1. The maximum Gasteiger partial charge on any atom is 0.237 e. The first-order chi connectivity index (χ1) is 13.8. The molecule has 152 valence electrons. The highest BCUT2D eigenvalue weighted by atomic mass is 32.2. The number of aryl methyl sites for hydroxylation is 2. The Hall–Kier alpha value is -2.65. The zero-order chi connectivity index (χ0) is 21.0. The highest BCUT2D eigenvalue weighted by Gasteiger charge is 2.22. The molecule has 0 saturated carbocycles. The number of thioether (sulfide) groups is 1. The number of thiophene rings is 1. The van der Waals surface area contributed by atoms with Crippen molar-refractivity contribution in [3.63, 3.8) is 0 Å². The molecule has 2 amide bonds. The van der Waals surface area contributed by atoms with Gasteiger partial charge in [-0.3, -0.25) is 9.59 Å². The summed E-state index contributed by atoms with van der Waals surface area (Å²) in [6, 6.07) is 9.82. The van der Waals surface area contributed by atoms with Crippen LogP contribution < -0.4 is 11.1 Å². The van der Waals surface area contributed by atoms with Gasteiger partial charge in [-0.25, -0.2) is 0 Å². The number of carbonyl (C=O) groups is 2. The molecule has 0 fully saturated rings. The Labute approximate surface area is 177 Å². The van der Waals surface area contributed by atoms with Gasteiger partial charge in [0.25, 0.3) is 0 Å². The smallest absolute Gasteiger partial charge is 0.237 e. The molecule has 0 bridgehead atoms. The summed E-state index contributed by atoms with van der Waals surface area (Å²) in [6.07, 6.45) is 0.174. The van der Waals surface area contributed by atoms with E-state index in [4.69, 9.17) is 5.73 Å². The monoisotopic (exact) mass is 429 g/mol. The molecule has 2 aromatic heterocycles. The molecule has 0 spiro atoms. The van der Waals surface area contributed by atoms with Crippen LogP contribution in [0.25, 0.3) is 10.7 Å². The summed E-state index contributed by atoms with van der Waals surface area (Å²) in [5.74, 6) is 0.157. The highest BCUT2D eigenvalue weighted by Crippen LogP contribution is 2.30. The summed E-state index contributed by atoms with van der Waals surface area (Å²) < 4.78 is 1.85. The van der Waals surface area contributed by atoms with Crippen molar-refractivity contribution in [1.82, 2.24) is 14.8 Å². The third-order valence-electron chi connectivity index (χ3n) is 4.34. The van der Waals surface area contributed by atoms with E-state index in [9.17, 15) is 9.59 Å². The van der Waals surface area contributed by atoms with Crippen molar-refractivity contribution in [2.75, 3.05) is 5.32 Å². The first-order valence-electron chi connectivity index (χ1n) is 9.15. The average Bonchev–Trinajstić information content (AvgIpc) is 3.32. The summed E-state index contributed by atoms with van der Waals surface area (Å²) in [4.78, 5) is 25.0. The number of benzene rings is 1. The maximum atomic E-state index is 12.7. The first kappa shape index (κ1) is 21.1. The maximum absolute atomic E-state index is 12.7. The number of anilines is 1. The fourth-order valence-electron chi connectivity index (χ4n) is 2.70. The number of nitrogens with two attached hydrogens (primary N) is 1. The van der Waals surface area contributed by atoms with Crippen LogP contribution in [0.15, 0.2) is 40.9 Å². The molecule has 7 nitrogen and oxygen atoms in total. The normalized spacial score (nSPS) is 12.0. The Morgan fingerprint density at radius 1 is 1.28 bits per heavy atom. The molecule has 3 rings (SSSR count). The second-order valence-corrected chi connectivity index (χ2v) is 8.97. The third-order valence-corrected chi connectivity index (χ3v) is 6.29. The predicted molar refractivity (Wildman–Crippen MR) is 117 cm³/mol. The molecule has 0 unspecified atom stereocenters. The molecule has 1 atom stereocenters. The van der Waals surface area contributed by atoms with Gasteiger partial charge in [0, 0.05) is 18.7 Å². The average molecular weight is 430 g/mol. The topological polar surface area (TPSA) is 103 Å². The van der Waals surface area contributed by atoms with Gasteiger partial charge >= 0.3 is 0 Å². The number of carbonyl (C=O) groups excluding carboxylic acids is 2. The molecule has 9 heteroatoms. The van der Waals surface area contributed by atoms with Crippen molar-refractivity contribution in [2.45, 2.75) is 44.1 Å². The lowest BCUT2D eigenvalue weighted by molar-refractivity contribution is -0.118. The minimum Gasteiger partial charge on any atom is -0.370 e. The van der Waals surface area contributed by atoms with Crippen molar-refractivity contribution in [2.24, 2.45) is 5.73 Å². The van der Waals surface area contributed by atoms with Gasteiger partial charge < -0.3 is 15.6 Å². The quantitative estimate of drug-likeness (QED) is 0.533. The second kappa shape index (κ2) is 9.23. The van der Waals surface area contributed by atoms with Crippen LogP contribution in [-0.2, 0) is 16.1 Å². The molecule has 0 saturated heterocycles. The molecule has 0 aliphatic rings. The summed E-state index contributed by atoms with van der Waals surface area (Å²) in [5.41, 5.74) is 8.22. The molecule has 29 heavy (non-hydrogen) atoms. The lowest BCUT2D eigenvalue weighted by Gasteiger charge is -2.14. The van der Waals surface area contributed by atoms with Crippen LogP contribution in [0.4, 0.5) is 5.69 Å². The first-order valence-corrected chi connectivity index (χ1v) is 10.9. The summed E-state index contributed by atoms with van der Waals surface area (Å²) in [5, 5.41) is 13.7. The summed E-state index contributed by atoms with van der Waals surface area (Å²) in [7, 11) is 0. The van der Waals surface area contributed by atoms with Gasteiger partial charge in [0.05, 0.1) is 10.1 Å². The van der Waals surface area contributed by atoms with Gasteiger partial charge in [-0.2, -0.15) is 0 Å². The van der Waals surface area contributed by atoms with Gasteiger partial charge in [-0.05, 0) is 49.4 Å². The zero-order valence-corrected chi connectivity index (χ0v) is 18.1. The Balaban J connectivity index is 1.78. The van der Waals surface area contributed by atoms with E-state index in [1.807, 2.05) is 61.1 Å². The number of primary amides is 1. The van der Waals surface area contributed by atoms with Crippen LogP contribution in [0, 0.1) is 13.8 Å². The fraction of sp³-hybridized carbons (Fsp3) is 0.300. The van der Waals surface area contributed by atoms with E-state index in [0.29, 0.717) is 17.5 Å². The van der Waals surface area contributed by atoms with E-state index < -0.39 is 11.2 Å². The SMILES string of the molecule is Cc1ccc(C)c(NC(=O)[C@H](C)Sc2nnc(-c3cccs3)n2CCC(N)=O)c1. The van der Waals surface area contributed by atoms with E-state index in [-0.39, 0.29) is 12.3 Å². The summed E-state index contributed by atoms with van der Waals surface area (Å²) >= 11 is 2.85. The highest BCUT2D eigenvalue weighted by molar-refractivity contribution is 8.00. The number of hydrogen-bond acceptors (Lipinski definition) is 6. The van der Waals surface area contributed by atoms with Gasteiger partial charge in [0.1, 0.15) is 0 Å². The molecule has 0 aliphatic carbocycles. The number of aromatic nitrogens is 3. The lowest BCUT2D eigenvalue weighted by Crippen LogP contribution is -2.23. The Morgan fingerprint density at radius 3 is 2.76 bits per heavy atom. The Morgan fingerprint density at radius 2 is 2.07 bits per heavy atom. The van der Waals surface area contributed by atoms with Crippen molar-refractivity contribution < 1.29 is 9.59 Å². The largest absolute Gasteiger partial charge is 0.370 e. The van der Waals surface area contributed by atoms with Gasteiger partial charge in [0.2, 0.25) is 11.8 Å². The van der Waals surface area contributed by atoms with E-state index in [2.05, 4.69) is 15.5 Å². The van der Waals surface area contributed by atoms with E-state index in [1.54, 1.807) is 0 Å². The number of amides is 2. The van der Waals surface area contributed by atoms with Crippen LogP contribution in [-0.4, -0.2) is 31.8 Å². The van der Waals surface area contributed by atoms with Crippen molar-refractivity contribution in [1.29, 1.82) is 0 Å². The van der Waals surface area contributed by atoms with Gasteiger partial charge in [-0.15, -0.1) is 21.5 Å². The van der Waals surface area contributed by atoms with Crippen LogP contribution in [0.5, 0.6) is 0 Å². The van der Waals surface area contributed by atoms with Crippen LogP contribution in [0.2, 0.25) is 0 Å². The molecule has 0 aliphatic heterocycles. The third kappa shape index (κ3) is 5.24. The minimum absolute atomic E-state index is 0.120. The van der Waals surface area contributed by atoms with Gasteiger partial charge in [0.15, 0.2) is 11.0 Å². The molecular formula is C20H23N5O2S2. The van der Waals surface area contributed by atoms with Crippen molar-refractivity contribution >= 4 is 40.6 Å².